The predicted octanol–water partition coefficient (Wildman–Crippen LogP) is 4.95. The van der Waals surface area contributed by atoms with Crippen molar-refractivity contribution in [2.45, 2.75) is 6.54 Å². The highest BCUT2D eigenvalue weighted by Gasteiger charge is 2.29. The zero-order valence-corrected chi connectivity index (χ0v) is 19.8. The second-order valence-electron chi connectivity index (χ2n) is 8.80. The minimum Gasteiger partial charge on any atom is -0.465 e. The Labute approximate surface area is 203 Å². The van der Waals surface area contributed by atoms with Crippen molar-refractivity contribution in [3.05, 3.63) is 95.2 Å². The van der Waals surface area contributed by atoms with Crippen molar-refractivity contribution in [2.75, 3.05) is 31.8 Å². The van der Waals surface area contributed by atoms with Crippen molar-refractivity contribution < 1.29 is 14.3 Å². The van der Waals surface area contributed by atoms with E-state index in [4.69, 9.17) is 4.74 Å². The quantitative estimate of drug-likeness (QED) is 0.277. The van der Waals surface area contributed by atoms with Crippen molar-refractivity contribution in [3.8, 4) is 0 Å². The summed E-state index contributed by atoms with van der Waals surface area (Å²) in [5, 5.41) is 7.45. The Kier molecular flexibility index (Phi) is 5.84. The van der Waals surface area contributed by atoms with Crippen molar-refractivity contribution in [2.24, 2.45) is 0 Å². The number of ether oxygens (including phenoxy) is 1. The number of hydrogen-bond donors (Lipinski definition) is 3. The summed E-state index contributed by atoms with van der Waals surface area (Å²) in [5.41, 5.74) is 6.86. The number of H-pyrrole nitrogens is 1. The molecule has 0 radical (unpaired) electrons. The lowest BCUT2D eigenvalue weighted by molar-refractivity contribution is -0.110. The fraction of sp³-hybridized carbons (Fsp3) is 0.143. The van der Waals surface area contributed by atoms with Gasteiger partial charge in [0, 0.05) is 34.9 Å². The molecular formula is C28H26N4O3. The molecule has 35 heavy (non-hydrogen) atoms. The number of fused-ring (bicyclic) bond motifs is 2. The number of rotatable bonds is 6. The number of carbonyl (C=O) groups excluding carboxylic acids is 2. The lowest BCUT2D eigenvalue weighted by Crippen LogP contribution is -2.11. The van der Waals surface area contributed by atoms with Crippen LogP contribution in [0.4, 0.5) is 11.4 Å². The van der Waals surface area contributed by atoms with Crippen LogP contribution in [-0.4, -0.2) is 43.0 Å². The number of benzene rings is 3. The Morgan fingerprint density at radius 3 is 2.49 bits per heavy atom. The van der Waals surface area contributed by atoms with E-state index in [2.05, 4.69) is 38.7 Å². The van der Waals surface area contributed by atoms with E-state index < -0.39 is 5.97 Å². The molecule has 2 heterocycles. The summed E-state index contributed by atoms with van der Waals surface area (Å²) >= 11 is 0. The maximum atomic E-state index is 13.2. The van der Waals surface area contributed by atoms with Gasteiger partial charge in [0.15, 0.2) is 0 Å². The fourth-order valence-corrected chi connectivity index (χ4v) is 4.36. The number of nitrogens with zero attached hydrogens (tertiary/aromatic N) is 1. The first-order valence-corrected chi connectivity index (χ1v) is 11.3. The fourth-order valence-electron chi connectivity index (χ4n) is 4.36. The number of esters is 1. The predicted molar refractivity (Wildman–Crippen MR) is 139 cm³/mol. The van der Waals surface area contributed by atoms with Gasteiger partial charge in [0.2, 0.25) is 0 Å². The van der Waals surface area contributed by atoms with E-state index in [1.165, 1.54) is 12.7 Å². The van der Waals surface area contributed by atoms with Gasteiger partial charge in [0.05, 0.1) is 29.6 Å². The van der Waals surface area contributed by atoms with Gasteiger partial charge >= 0.3 is 5.97 Å². The molecule has 1 aliphatic rings. The van der Waals surface area contributed by atoms with Crippen LogP contribution in [0.2, 0.25) is 0 Å². The molecule has 0 atom stereocenters. The Morgan fingerprint density at radius 2 is 1.74 bits per heavy atom. The lowest BCUT2D eigenvalue weighted by Gasteiger charge is -2.16. The van der Waals surface area contributed by atoms with Gasteiger partial charge in [-0.3, -0.25) is 4.79 Å². The van der Waals surface area contributed by atoms with Gasteiger partial charge in [-0.15, -0.1) is 0 Å². The van der Waals surface area contributed by atoms with Crippen molar-refractivity contribution in [1.29, 1.82) is 0 Å². The van der Waals surface area contributed by atoms with E-state index >= 15 is 0 Å². The first kappa shape index (κ1) is 22.4. The molecule has 5 rings (SSSR count). The maximum absolute atomic E-state index is 13.2. The Hall–Kier alpha value is -4.36. The topological polar surface area (TPSA) is 86.5 Å². The van der Waals surface area contributed by atoms with Crippen molar-refractivity contribution in [1.82, 2.24) is 9.88 Å². The highest BCUT2D eigenvalue weighted by Crippen LogP contribution is 2.38. The van der Waals surface area contributed by atoms with Gasteiger partial charge in [-0.2, -0.15) is 0 Å². The van der Waals surface area contributed by atoms with Gasteiger partial charge in [0.1, 0.15) is 0 Å². The van der Waals surface area contributed by atoms with Gasteiger partial charge in [-0.05, 0) is 67.7 Å². The zero-order chi connectivity index (χ0) is 24.5. The van der Waals surface area contributed by atoms with Crippen LogP contribution in [-0.2, 0) is 16.1 Å². The molecule has 3 aromatic carbocycles. The third kappa shape index (κ3) is 4.41. The molecule has 7 heteroatoms. The molecule has 0 aliphatic carbocycles. The van der Waals surface area contributed by atoms with Crippen LogP contribution in [0.25, 0.3) is 22.2 Å². The molecule has 0 saturated carbocycles. The van der Waals surface area contributed by atoms with Gasteiger partial charge in [-0.25, -0.2) is 4.79 Å². The third-order valence-corrected chi connectivity index (χ3v) is 6.00. The number of nitrogens with one attached hydrogen (secondary N) is 3. The number of anilines is 2. The second-order valence-corrected chi connectivity index (χ2v) is 8.80. The van der Waals surface area contributed by atoms with Crippen LogP contribution < -0.4 is 10.6 Å². The molecule has 1 amide bonds. The van der Waals surface area contributed by atoms with Crippen molar-refractivity contribution >= 4 is 45.4 Å². The number of methoxy groups -OCH3 is 1. The van der Waals surface area contributed by atoms with Gasteiger partial charge in [-0.1, -0.05) is 24.3 Å². The first-order chi connectivity index (χ1) is 16.9. The number of hydrogen-bond acceptors (Lipinski definition) is 5. The summed E-state index contributed by atoms with van der Waals surface area (Å²) in [7, 11) is 5.41. The number of amides is 1. The van der Waals surface area contributed by atoms with E-state index in [0.717, 1.165) is 34.3 Å². The van der Waals surface area contributed by atoms with Crippen LogP contribution in [0.3, 0.4) is 0 Å². The van der Waals surface area contributed by atoms with Crippen LogP contribution in [0.15, 0.2) is 72.9 Å². The molecule has 0 saturated heterocycles. The van der Waals surface area contributed by atoms with Gasteiger partial charge < -0.3 is 25.3 Å². The zero-order valence-electron chi connectivity index (χ0n) is 19.8. The summed E-state index contributed by atoms with van der Waals surface area (Å²) < 4.78 is 4.83. The molecule has 1 aliphatic heterocycles. The van der Waals surface area contributed by atoms with E-state index in [9.17, 15) is 9.59 Å². The Balaban J connectivity index is 1.62. The first-order valence-electron chi connectivity index (χ1n) is 11.3. The summed E-state index contributed by atoms with van der Waals surface area (Å²) in [6, 6.07) is 21.3. The molecule has 7 nitrogen and oxygen atoms in total. The number of aromatic amines is 1. The van der Waals surface area contributed by atoms with Gasteiger partial charge in [0.25, 0.3) is 5.91 Å². The molecule has 0 unspecified atom stereocenters. The maximum Gasteiger partial charge on any atom is 0.337 e. The summed E-state index contributed by atoms with van der Waals surface area (Å²) in [4.78, 5) is 30.6. The number of carbonyl (C=O) groups is 2. The van der Waals surface area contributed by atoms with Crippen molar-refractivity contribution in [3.63, 3.8) is 0 Å². The van der Waals surface area contributed by atoms with Crippen LogP contribution >= 0.6 is 0 Å². The molecule has 4 aromatic rings. The minimum atomic E-state index is -0.450. The minimum absolute atomic E-state index is 0.233. The van der Waals surface area contributed by atoms with E-state index in [0.29, 0.717) is 22.5 Å². The largest absolute Gasteiger partial charge is 0.465 e. The Bertz CT molecular complexity index is 1470. The SMILES string of the molecule is COC(=O)c1ccc2c(c1)NC(=O)C2=C(Nc1ccc(CN(C)C)cc1)c1ccc2[nH]ccc2c1. The van der Waals surface area contributed by atoms with E-state index in [1.807, 2.05) is 50.6 Å². The highest BCUT2D eigenvalue weighted by atomic mass is 16.5. The lowest BCUT2D eigenvalue weighted by atomic mass is 9.98. The molecule has 0 spiro atoms. The third-order valence-electron chi connectivity index (χ3n) is 6.00. The summed E-state index contributed by atoms with van der Waals surface area (Å²) in [5.74, 6) is -0.684. The number of aromatic nitrogens is 1. The average Bonchev–Trinajstić information content (AvgIpc) is 3.45. The molecule has 0 bridgehead atoms. The van der Waals surface area contributed by atoms with E-state index in [-0.39, 0.29) is 5.91 Å². The van der Waals surface area contributed by atoms with E-state index in [1.54, 1.807) is 18.2 Å². The smallest absolute Gasteiger partial charge is 0.337 e. The molecule has 1 aromatic heterocycles. The van der Waals surface area contributed by atoms with Crippen LogP contribution in [0, 0.1) is 0 Å². The monoisotopic (exact) mass is 466 g/mol. The highest BCUT2D eigenvalue weighted by molar-refractivity contribution is 6.37. The molecular weight excluding hydrogens is 440 g/mol. The molecule has 3 N–H and O–H groups in total. The average molecular weight is 467 g/mol. The molecule has 0 fully saturated rings. The Morgan fingerprint density at radius 1 is 0.971 bits per heavy atom. The van der Waals surface area contributed by atoms with Crippen LogP contribution in [0.5, 0.6) is 0 Å². The standard InChI is InChI=1S/C28H26N4O3/c1-32(2)16-17-4-8-21(9-5-17)30-26(19-7-11-23-18(14-19)12-13-29-23)25-22-10-6-20(28(34)35-3)15-24(22)31-27(25)33/h4-15,29-30H,16H2,1-3H3,(H,31,33). The summed E-state index contributed by atoms with van der Waals surface area (Å²) in [6.07, 6.45) is 1.89. The normalized spacial score (nSPS) is 14.1. The summed E-state index contributed by atoms with van der Waals surface area (Å²) in [6.45, 7) is 0.844. The molecule has 176 valence electrons. The van der Waals surface area contributed by atoms with Crippen LogP contribution in [0.1, 0.15) is 27.0 Å². The second kappa shape index (κ2) is 9.12.